The Hall–Kier alpha value is -2.97. The summed E-state index contributed by atoms with van der Waals surface area (Å²) < 4.78 is 11.3. The molecule has 3 rings (SSSR count). The van der Waals surface area contributed by atoms with Crippen LogP contribution in [0.5, 0.6) is 11.5 Å². The van der Waals surface area contributed by atoms with E-state index >= 15 is 0 Å². The van der Waals surface area contributed by atoms with Crippen LogP contribution < -0.4 is 20.2 Å². The first-order valence-corrected chi connectivity index (χ1v) is 12.9. The van der Waals surface area contributed by atoms with E-state index < -0.39 is 17.9 Å². The van der Waals surface area contributed by atoms with E-state index in [0.717, 1.165) is 5.56 Å². The lowest BCUT2D eigenvalue weighted by atomic mass is 10.0. The summed E-state index contributed by atoms with van der Waals surface area (Å²) in [5, 5.41) is 8.36. The molecule has 0 heterocycles. The molecule has 0 fully saturated rings. The molecule has 3 aromatic carbocycles. The van der Waals surface area contributed by atoms with Crippen LogP contribution in [0.4, 0.5) is 0 Å². The Morgan fingerprint density at radius 3 is 2.34 bits per heavy atom. The molecule has 0 aliphatic carbocycles. The van der Waals surface area contributed by atoms with Gasteiger partial charge in [0.05, 0.1) is 23.4 Å². The van der Waals surface area contributed by atoms with Crippen molar-refractivity contribution < 1.29 is 19.1 Å². The number of hydrogen-bond donors (Lipinski definition) is 2. The van der Waals surface area contributed by atoms with E-state index in [2.05, 4.69) is 15.8 Å². The topological polar surface area (TPSA) is 89.0 Å². The van der Waals surface area contributed by atoms with Gasteiger partial charge >= 0.3 is 0 Å². The molecule has 3 aromatic rings. The Morgan fingerprint density at radius 2 is 1.68 bits per heavy atom. The van der Waals surface area contributed by atoms with Gasteiger partial charge in [0.1, 0.15) is 12.6 Å². The quantitative estimate of drug-likeness (QED) is 0.199. The molecule has 0 aromatic heterocycles. The van der Waals surface area contributed by atoms with Gasteiger partial charge in [0.2, 0.25) is 0 Å². The number of rotatable bonds is 10. The van der Waals surface area contributed by atoms with Gasteiger partial charge in [-0.15, -0.1) is 0 Å². The SMILES string of the molecule is COc1cc(/C=N/NC(=O)C(NC(=O)c2ccc(Cl)c(Cl)c2)C(C)C)ccc1OCc1ccc(Cl)cc1Cl. The number of amides is 2. The van der Waals surface area contributed by atoms with Crippen LogP contribution in [-0.4, -0.2) is 31.2 Å². The molecule has 0 aliphatic heterocycles. The summed E-state index contributed by atoms with van der Waals surface area (Å²) in [7, 11) is 1.52. The normalized spacial score (nSPS) is 11.9. The van der Waals surface area contributed by atoms with Gasteiger partial charge in [-0.2, -0.15) is 5.10 Å². The number of hydrogen-bond acceptors (Lipinski definition) is 5. The molecule has 200 valence electrons. The molecular weight excluding hydrogens is 572 g/mol. The number of nitrogens with one attached hydrogen (secondary N) is 2. The maximum absolute atomic E-state index is 12.8. The second-order valence-electron chi connectivity index (χ2n) is 8.49. The van der Waals surface area contributed by atoms with Gasteiger partial charge in [0.15, 0.2) is 11.5 Å². The molecule has 11 heteroatoms. The highest BCUT2D eigenvalue weighted by atomic mass is 35.5. The molecular formula is C27H25Cl4N3O4. The van der Waals surface area contributed by atoms with E-state index in [-0.39, 0.29) is 23.1 Å². The van der Waals surface area contributed by atoms with Crippen LogP contribution in [0.2, 0.25) is 20.1 Å². The van der Waals surface area contributed by atoms with Gasteiger partial charge in [-0.3, -0.25) is 9.59 Å². The minimum atomic E-state index is -0.834. The highest BCUT2D eigenvalue weighted by molar-refractivity contribution is 6.42. The Labute approximate surface area is 241 Å². The third-order valence-electron chi connectivity index (χ3n) is 5.39. The fourth-order valence-electron chi connectivity index (χ4n) is 3.31. The number of methoxy groups -OCH3 is 1. The monoisotopic (exact) mass is 595 g/mol. The molecule has 2 amide bonds. The largest absolute Gasteiger partial charge is 0.493 e. The van der Waals surface area contributed by atoms with Crippen LogP contribution in [0, 0.1) is 5.92 Å². The number of carbonyl (C=O) groups is 2. The maximum Gasteiger partial charge on any atom is 0.262 e. The third-order valence-corrected chi connectivity index (χ3v) is 6.72. The van der Waals surface area contributed by atoms with Crippen molar-refractivity contribution in [2.45, 2.75) is 26.5 Å². The molecule has 2 N–H and O–H groups in total. The van der Waals surface area contributed by atoms with E-state index in [1.165, 1.54) is 31.5 Å². The first-order valence-electron chi connectivity index (χ1n) is 11.4. The van der Waals surface area contributed by atoms with Crippen molar-refractivity contribution in [2.24, 2.45) is 11.0 Å². The van der Waals surface area contributed by atoms with Crippen LogP contribution in [0.15, 0.2) is 59.7 Å². The lowest BCUT2D eigenvalue weighted by molar-refractivity contribution is -0.123. The summed E-state index contributed by atoms with van der Waals surface area (Å²) >= 11 is 24.1. The highest BCUT2D eigenvalue weighted by Gasteiger charge is 2.24. The zero-order valence-corrected chi connectivity index (χ0v) is 23.8. The summed E-state index contributed by atoms with van der Waals surface area (Å²) in [5.41, 5.74) is 4.18. The van der Waals surface area contributed by atoms with Crippen molar-refractivity contribution in [1.82, 2.24) is 10.7 Å². The summed E-state index contributed by atoms with van der Waals surface area (Å²) in [5.74, 6) is -0.162. The summed E-state index contributed by atoms with van der Waals surface area (Å²) in [4.78, 5) is 25.4. The Bertz CT molecular complexity index is 1350. The van der Waals surface area contributed by atoms with Gasteiger partial charge in [-0.25, -0.2) is 5.43 Å². The minimum Gasteiger partial charge on any atom is -0.493 e. The lowest BCUT2D eigenvalue weighted by Gasteiger charge is -2.20. The van der Waals surface area contributed by atoms with Crippen molar-refractivity contribution in [3.63, 3.8) is 0 Å². The number of hydrazone groups is 1. The van der Waals surface area contributed by atoms with E-state index in [9.17, 15) is 9.59 Å². The lowest BCUT2D eigenvalue weighted by Crippen LogP contribution is -2.48. The first-order chi connectivity index (χ1) is 18.1. The molecule has 0 saturated carbocycles. The molecule has 1 atom stereocenters. The highest BCUT2D eigenvalue weighted by Crippen LogP contribution is 2.30. The van der Waals surface area contributed by atoms with Crippen LogP contribution in [0.25, 0.3) is 0 Å². The molecule has 38 heavy (non-hydrogen) atoms. The van der Waals surface area contributed by atoms with Crippen LogP contribution in [0.3, 0.4) is 0 Å². The molecule has 0 saturated heterocycles. The molecule has 0 bridgehead atoms. The van der Waals surface area contributed by atoms with Gasteiger partial charge < -0.3 is 14.8 Å². The second kappa shape index (κ2) is 13.7. The van der Waals surface area contributed by atoms with E-state index in [0.29, 0.717) is 32.1 Å². The predicted molar refractivity (Wildman–Crippen MR) is 152 cm³/mol. The van der Waals surface area contributed by atoms with E-state index in [1.807, 2.05) is 13.8 Å². The average Bonchev–Trinajstić information content (AvgIpc) is 2.88. The Balaban J connectivity index is 1.62. The zero-order chi connectivity index (χ0) is 27.8. The standard InChI is InChI=1S/C27H25Cl4N3O4/c1-15(2)25(33-26(35)17-6-8-20(29)22(31)11-17)27(36)34-32-13-16-4-9-23(24(10-16)37-3)38-14-18-5-7-19(28)12-21(18)30/h4-13,15,25H,14H2,1-3H3,(H,33,35)(H,34,36)/b32-13+. The molecule has 0 spiro atoms. The van der Waals surface area contributed by atoms with Crippen molar-refractivity contribution in [1.29, 1.82) is 0 Å². The van der Waals surface area contributed by atoms with Crippen molar-refractivity contribution >= 4 is 64.4 Å². The Kier molecular flexibility index (Phi) is 10.7. The third kappa shape index (κ3) is 8.01. The van der Waals surface area contributed by atoms with Crippen LogP contribution >= 0.6 is 46.4 Å². The summed E-state index contributed by atoms with van der Waals surface area (Å²) in [6, 6.07) is 14.0. The van der Waals surface area contributed by atoms with Crippen LogP contribution in [0.1, 0.15) is 35.3 Å². The summed E-state index contributed by atoms with van der Waals surface area (Å²) in [6.07, 6.45) is 1.46. The molecule has 1 unspecified atom stereocenters. The smallest absolute Gasteiger partial charge is 0.262 e. The van der Waals surface area contributed by atoms with E-state index in [1.54, 1.807) is 36.4 Å². The fraction of sp³-hybridized carbons (Fsp3) is 0.222. The van der Waals surface area contributed by atoms with Crippen LogP contribution in [-0.2, 0) is 11.4 Å². The van der Waals surface area contributed by atoms with Gasteiger partial charge in [-0.1, -0.05) is 66.3 Å². The average molecular weight is 597 g/mol. The number of nitrogens with zero attached hydrogens (tertiary/aromatic N) is 1. The Morgan fingerprint density at radius 1 is 0.921 bits per heavy atom. The number of benzene rings is 3. The number of carbonyl (C=O) groups excluding carboxylic acids is 2. The summed E-state index contributed by atoms with van der Waals surface area (Å²) in [6.45, 7) is 3.84. The fourth-order valence-corrected chi connectivity index (χ4v) is 4.08. The zero-order valence-electron chi connectivity index (χ0n) is 20.7. The minimum absolute atomic E-state index is 0.206. The molecule has 0 radical (unpaired) electrons. The van der Waals surface area contributed by atoms with E-state index in [4.69, 9.17) is 55.9 Å². The van der Waals surface area contributed by atoms with Gasteiger partial charge in [0.25, 0.3) is 11.8 Å². The van der Waals surface area contributed by atoms with Crippen molar-refractivity contribution in [2.75, 3.05) is 7.11 Å². The second-order valence-corrected chi connectivity index (χ2v) is 10.2. The van der Waals surface area contributed by atoms with Crippen molar-refractivity contribution in [3.8, 4) is 11.5 Å². The first kappa shape index (κ1) is 29.6. The number of ether oxygens (including phenoxy) is 2. The predicted octanol–water partition coefficient (Wildman–Crippen LogP) is 6.79. The molecule has 0 aliphatic rings. The van der Waals surface area contributed by atoms with Crippen molar-refractivity contribution in [3.05, 3.63) is 91.4 Å². The van der Waals surface area contributed by atoms with Gasteiger partial charge in [0, 0.05) is 21.2 Å². The molecule has 7 nitrogen and oxygen atoms in total. The maximum atomic E-state index is 12.8. The number of halogens is 4. The van der Waals surface area contributed by atoms with Gasteiger partial charge in [-0.05, 0) is 60.0 Å².